The number of anilines is 2. The molecule has 0 amide bonds. The van der Waals surface area contributed by atoms with Crippen molar-refractivity contribution >= 4 is 11.4 Å². The molecule has 0 aliphatic rings. The zero-order chi connectivity index (χ0) is 38.5. The number of aryl methyl sites for hydroxylation is 2. The molecular formula is C52H76N2. The Kier molecular flexibility index (Phi) is 19.3. The molecular weight excluding hydrogens is 653 g/mol. The van der Waals surface area contributed by atoms with E-state index in [1.807, 2.05) is 0 Å². The fraction of sp³-hybridized carbons (Fsp3) is 0.538. The first kappa shape index (κ1) is 43.2. The minimum absolute atomic E-state index is 0.330. The van der Waals surface area contributed by atoms with Gasteiger partial charge in [-0.2, -0.15) is 0 Å². The van der Waals surface area contributed by atoms with E-state index >= 15 is 0 Å². The van der Waals surface area contributed by atoms with E-state index in [-0.39, 0.29) is 0 Å². The van der Waals surface area contributed by atoms with Crippen molar-refractivity contribution in [2.24, 2.45) is 0 Å². The van der Waals surface area contributed by atoms with Crippen LogP contribution in [-0.2, 0) is 0 Å². The van der Waals surface area contributed by atoms with E-state index in [1.54, 1.807) is 0 Å². The molecule has 0 heterocycles. The predicted octanol–water partition coefficient (Wildman–Crippen LogP) is 15.7. The van der Waals surface area contributed by atoms with Crippen LogP contribution in [-0.4, -0.2) is 0 Å². The fourth-order valence-corrected chi connectivity index (χ4v) is 8.73. The summed E-state index contributed by atoms with van der Waals surface area (Å²) in [7, 11) is 0. The van der Waals surface area contributed by atoms with Crippen LogP contribution < -0.4 is 11.5 Å². The average molecular weight is 729 g/mol. The Morgan fingerprint density at radius 3 is 1.00 bits per heavy atom. The molecule has 0 saturated heterocycles. The van der Waals surface area contributed by atoms with Crippen molar-refractivity contribution in [2.75, 3.05) is 11.5 Å². The molecule has 2 heteroatoms. The Balaban J connectivity index is 1.41. The lowest BCUT2D eigenvalue weighted by atomic mass is 9.82. The van der Waals surface area contributed by atoms with Gasteiger partial charge >= 0.3 is 0 Å². The first-order valence-corrected chi connectivity index (χ1v) is 22.2. The molecule has 0 aliphatic carbocycles. The van der Waals surface area contributed by atoms with Gasteiger partial charge in [-0.05, 0) is 95.5 Å². The van der Waals surface area contributed by atoms with Gasteiger partial charge in [-0.3, -0.25) is 0 Å². The number of unbranched alkanes of at least 4 members (excludes halogenated alkanes) is 16. The maximum atomic E-state index is 6.19. The number of hydrogen-bond acceptors (Lipinski definition) is 2. The van der Waals surface area contributed by atoms with Crippen molar-refractivity contribution < 1.29 is 0 Å². The number of hydrogen-bond donors (Lipinski definition) is 2. The molecule has 0 spiro atoms. The molecule has 4 aromatic rings. The van der Waals surface area contributed by atoms with Crippen molar-refractivity contribution in [3.05, 3.63) is 129 Å². The molecule has 0 saturated carbocycles. The van der Waals surface area contributed by atoms with Gasteiger partial charge in [0, 0.05) is 29.1 Å². The van der Waals surface area contributed by atoms with Gasteiger partial charge in [-0.15, -0.1) is 0 Å². The van der Waals surface area contributed by atoms with Crippen LogP contribution in [0, 0.1) is 13.8 Å². The average Bonchev–Trinajstić information content (AvgIpc) is 3.17. The maximum Gasteiger partial charge on any atom is 0.0316 e. The molecule has 2 unspecified atom stereocenters. The van der Waals surface area contributed by atoms with Gasteiger partial charge in [-0.1, -0.05) is 197 Å². The topological polar surface area (TPSA) is 52.0 Å². The number of benzene rings is 4. The van der Waals surface area contributed by atoms with E-state index in [0.29, 0.717) is 17.8 Å². The lowest BCUT2D eigenvalue weighted by Crippen LogP contribution is -2.06. The van der Waals surface area contributed by atoms with Gasteiger partial charge in [0.1, 0.15) is 0 Å². The summed E-state index contributed by atoms with van der Waals surface area (Å²) in [5.74, 6) is 1.13. The minimum atomic E-state index is 0.330. The van der Waals surface area contributed by atoms with Crippen LogP contribution in [0.1, 0.15) is 211 Å². The predicted molar refractivity (Wildman–Crippen MR) is 239 cm³/mol. The zero-order valence-corrected chi connectivity index (χ0v) is 35.1. The summed E-state index contributed by atoms with van der Waals surface area (Å²) in [4.78, 5) is 0. The second kappa shape index (κ2) is 24.1. The van der Waals surface area contributed by atoms with Gasteiger partial charge in [-0.25, -0.2) is 0 Å². The Morgan fingerprint density at radius 2 is 0.685 bits per heavy atom. The third-order valence-electron chi connectivity index (χ3n) is 12.2. The summed E-state index contributed by atoms with van der Waals surface area (Å²) in [5, 5.41) is 0. The summed E-state index contributed by atoms with van der Waals surface area (Å²) >= 11 is 0. The molecule has 4 N–H and O–H groups in total. The number of nitrogen functional groups attached to an aromatic ring is 2. The molecule has 294 valence electrons. The molecule has 2 nitrogen and oxygen atoms in total. The molecule has 0 fully saturated rings. The normalized spacial score (nSPS) is 13.2. The summed E-state index contributed by atoms with van der Waals surface area (Å²) in [5.41, 5.74) is 25.1. The Bertz CT molecular complexity index is 1480. The van der Waals surface area contributed by atoms with Crippen LogP contribution in [0.25, 0.3) is 0 Å². The highest BCUT2D eigenvalue weighted by Crippen LogP contribution is 2.37. The van der Waals surface area contributed by atoms with Crippen molar-refractivity contribution in [2.45, 2.75) is 181 Å². The van der Waals surface area contributed by atoms with Crippen LogP contribution in [0.3, 0.4) is 0 Å². The van der Waals surface area contributed by atoms with Crippen LogP contribution >= 0.6 is 0 Å². The van der Waals surface area contributed by atoms with Gasteiger partial charge in [0.15, 0.2) is 0 Å². The molecule has 0 aromatic heterocycles. The second-order valence-electron chi connectivity index (χ2n) is 16.6. The number of rotatable bonds is 26. The second-order valence-corrected chi connectivity index (χ2v) is 16.6. The standard InChI is InChI=1S/C52H76N2/c1-6-8-10-12-14-16-18-20-22-24-51(49-36-34-47(53)38-40(49)3)45-30-26-43(27-31-45)42(5)44-28-32-46(33-29-44)52(50-37-35-48(54)39-41(50)4)25-23-21-19-17-15-13-11-9-7-2/h26-39,42,51-52H,6-25,53-54H2,1-5H3. The first-order chi connectivity index (χ1) is 26.3. The zero-order valence-electron chi connectivity index (χ0n) is 35.1. The summed E-state index contributed by atoms with van der Waals surface area (Å²) < 4.78 is 0. The monoisotopic (exact) mass is 729 g/mol. The van der Waals surface area contributed by atoms with Crippen LogP contribution in [0.4, 0.5) is 11.4 Å². The van der Waals surface area contributed by atoms with E-state index in [9.17, 15) is 0 Å². The van der Waals surface area contributed by atoms with Gasteiger partial charge < -0.3 is 11.5 Å². The van der Waals surface area contributed by atoms with Crippen molar-refractivity contribution in [3.63, 3.8) is 0 Å². The minimum Gasteiger partial charge on any atom is -0.399 e. The Hall–Kier alpha value is -3.52. The molecule has 0 aliphatic heterocycles. The van der Waals surface area contributed by atoms with E-state index < -0.39 is 0 Å². The highest BCUT2D eigenvalue weighted by atomic mass is 14.5. The van der Waals surface area contributed by atoms with Crippen molar-refractivity contribution in [1.82, 2.24) is 0 Å². The van der Waals surface area contributed by atoms with E-state index in [2.05, 4.69) is 120 Å². The Morgan fingerprint density at radius 1 is 0.389 bits per heavy atom. The fourth-order valence-electron chi connectivity index (χ4n) is 8.73. The molecule has 2 atom stereocenters. The van der Waals surface area contributed by atoms with Gasteiger partial charge in [0.05, 0.1) is 0 Å². The highest BCUT2D eigenvalue weighted by molar-refractivity contribution is 5.49. The summed E-state index contributed by atoms with van der Waals surface area (Å²) in [6.45, 7) is 11.4. The molecule has 4 aromatic carbocycles. The highest BCUT2D eigenvalue weighted by Gasteiger charge is 2.20. The third kappa shape index (κ3) is 14.0. The SMILES string of the molecule is CCCCCCCCCCCC(c1ccc(C(C)c2ccc(C(CCCCCCCCCCC)c3ccc(N)cc3C)cc2)cc1)c1ccc(N)cc1C. The van der Waals surface area contributed by atoms with Crippen molar-refractivity contribution in [3.8, 4) is 0 Å². The molecule has 0 radical (unpaired) electrons. The number of nitrogens with two attached hydrogens (primary N) is 2. The Labute approximate surface area is 332 Å². The lowest BCUT2D eigenvalue weighted by molar-refractivity contribution is 0.545. The smallest absolute Gasteiger partial charge is 0.0316 e. The van der Waals surface area contributed by atoms with Gasteiger partial charge in [0.2, 0.25) is 0 Å². The maximum absolute atomic E-state index is 6.19. The summed E-state index contributed by atoms with van der Waals surface area (Å²) in [6.07, 6.45) is 26.8. The third-order valence-corrected chi connectivity index (χ3v) is 12.2. The lowest BCUT2D eigenvalue weighted by Gasteiger charge is -2.23. The quantitative estimate of drug-likeness (QED) is 0.0499. The van der Waals surface area contributed by atoms with Gasteiger partial charge in [0.25, 0.3) is 0 Å². The first-order valence-electron chi connectivity index (χ1n) is 22.2. The van der Waals surface area contributed by atoms with Crippen LogP contribution in [0.5, 0.6) is 0 Å². The van der Waals surface area contributed by atoms with Crippen LogP contribution in [0.2, 0.25) is 0 Å². The largest absolute Gasteiger partial charge is 0.399 e. The van der Waals surface area contributed by atoms with Crippen LogP contribution in [0.15, 0.2) is 84.9 Å². The van der Waals surface area contributed by atoms with E-state index in [1.165, 1.54) is 173 Å². The molecule has 4 rings (SSSR count). The summed E-state index contributed by atoms with van der Waals surface area (Å²) in [6, 6.07) is 32.2. The van der Waals surface area contributed by atoms with E-state index in [0.717, 1.165) is 11.4 Å². The van der Waals surface area contributed by atoms with E-state index in [4.69, 9.17) is 11.5 Å². The van der Waals surface area contributed by atoms with Crippen molar-refractivity contribution in [1.29, 1.82) is 0 Å². The molecule has 54 heavy (non-hydrogen) atoms. The molecule has 0 bridgehead atoms.